The molecule has 0 fully saturated rings. The van der Waals surface area contributed by atoms with Crippen molar-refractivity contribution in [2.75, 3.05) is 0 Å². The van der Waals surface area contributed by atoms with Gasteiger partial charge in [0.2, 0.25) is 0 Å². The number of nitrogens with zero attached hydrogens (tertiary/aromatic N) is 4. The molecule has 1 aromatic carbocycles. The van der Waals surface area contributed by atoms with Crippen LogP contribution in [0.1, 0.15) is 58.7 Å². The molecule has 0 aliphatic carbocycles. The van der Waals surface area contributed by atoms with Gasteiger partial charge in [0.25, 0.3) is 0 Å². The van der Waals surface area contributed by atoms with Gasteiger partial charge >= 0.3 is 5.97 Å². The first-order chi connectivity index (χ1) is 14.5. The zero-order chi connectivity index (χ0) is 21.5. The van der Waals surface area contributed by atoms with Crippen LogP contribution in [0.25, 0.3) is 0 Å². The third-order valence-corrected chi connectivity index (χ3v) is 4.81. The molecule has 0 saturated carbocycles. The molecule has 30 heavy (non-hydrogen) atoms. The Hall–Kier alpha value is -3.13. The van der Waals surface area contributed by atoms with Gasteiger partial charge in [0.1, 0.15) is 17.5 Å². The fourth-order valence-electron chi connectivity index (χ4n) is 3.33. The molecule has 0 aliphatic rings. The van der Waals surface area contributed by atoms with Crippen molar-refractivity contribution in [3.8, 4) is 0 Å². The van der Waals surface area contributed by atoms with Crippen LogP contribution in [-0.4, -0.2) is 35.9 Å². The summed E-state index contributed by atoms with van der Waals surface area (Å²) in [7, 11) is 0. The van der Waals surface area contributed by atoms with Crippen molar-refractivity contribution in [2.45, 2.75) is 52.2 Å². The molecule has 2 N–H and O–H groups in total. The molecule has 0 amide bonds. The number of aromatic nitrogens is 4. The van der Waals surface area contributed by atoms with Crippen molar-refractivity contribution in [3.63, 3.8) is 0 Å². The Morgan fingerprint density at radius 1 is 1.03 bits per heavy atom. The minimum absolute atomic E-state index is 0.119. The monoisotopic (exact) mass is 412 g/mol. The highest BCUT2D eigenvalue weighted by molar-refractivity contribution is 5.87. The lowest BCUT2D eigenvalue weighted by Crippen LogP contribution is -2.10. The maximum absolute atomic E-state index is 13.2. The zero-order valence-corrected chi connectivity index (χ0v) is 16.9. The number of aromatic carboxylic acids is 1. The number of carboxylic acids is 1. The molecule has 7 nitrogen and oxygen atoms in total. The highest BCUT2D eigenvalue weighted by Gasteiger charge is 2.13. The lowest BCUT2D eigenvalue weighted by Gasteiger charge is -2.11. The largest absolute Gasteiger partial charge is 0.478 e. The van der Waals surface area contributed by atoms with Crippen LogP contribution < -0.4 is 0 Å². The van der Waals surface area contributed by atoms with Gasteiger partial charge in [-0.2, -0.15) is 0 Å². The number of hydrogen-bond donors (Lipinski definition) is 2. The van der Waals surface area contributed by atoms with E-state index < -0.39 is 5.97 Å². The van der Waals surface area contributed by atoms with Gasteiger partial charge in [0.05, 0.1) is 24.4 Å². The van der Waals surface area contributed by atoms with Gasteiger partial charge in [-0.1, -0.05) is 19.1 Å². The zero-order valence-electron chi connectivity index (χ0n) is 16.9. The fraction of sp³-hybridized carbons (Fsp3) is 0.364. The minimum Gasteiger partial charge on any atom is -0.478 e. The van der Waals surface area contributed by atoms with Crippen molar-refractivity contribution < 1.29 is 19.4 Å². The van der Waals surface area contributed by atoms with E-state index >= 15 is 0 Å². The van der Waals surface area contributed by atoms with E-state index in [1.807, 2.05) is 0 Å². The Morgan fingerprint density at radius 3 is 2.33 bits per heavy atom. The SMILES string of the molecule is CCCc1nnc(CCCc2cc(C(=O)O)cc(CO)n2)n1Cc1ccc(F)cc1. The number of aliphatic hydroxyl groups excluding tert-OH is 1. The number of hydrogen-bond acceptors (Lipinski definition) is 5. The van der Waals surface area contributed by atoms with Crippen molar-refractivity contribution in [1.82, 2.24) is 19.7 Å². The van der Waals surface area contributed by atoms with E-state index in [2.05, 4.69) is 26.7 Å². The predicted molar refractivity (Wildman–Crippen MR) is 109 cm³/mol. The first-order valence-corrected chi connectivity index (χ1v) is 9.99. The third kappa shape index (κ3) is 5.48. The first-order valence-electron chi connectivity index (χ1n) is 9.99. The summed E-state index contributed by atoms with van der Waals surface area (Å²) in [5.74, 6) is 0.413. The van der Waals surface area contributed by atoms with Gasteiger partial charge in [-0.05, 0) is 49.1 Å². The number of pyridine rings is 1. The first kappa shape index (κ1) is 21.6. The number of rotatable bonds is 10. The van der Waals surface area contributed by atoms with Crippen LogP contribution in [0.5, 0.6) is 0 Å². The summed E-state index contributed by atoms with van der Waals surface area (Å²) in [6.45, 7) is 2.34. The molecule has 0 bridgehead atoms. The molecule has 3 rings (SSSR count). The van der Waals surface area contributed by atoms with Gasteiger partial charge < -0.3 is 14.8 Å². The molecular formula is C22H25FN4O3. The lowest BCUT2D eigenvalue weighted by atomic mass is 10.1. The average Bonchev–Trinajstić information content (AvgIpc) is 3.11. The Labute approximate surface area is 174 Å². The van der Waals surface area contributed by atoms with E-state index in [0.717, 1.165) is 30.1 Å². The van der Waals surface area contributed by atoms with Crippen LogP contribution in [0, 0.1) is 5.82 Å². The Balaban J connectivity index is 1.73. The Bertz CT molecular complexity index is 1000. The second-order valence-electron chi connectivity index (χ2n) is 7.15. The predicted octanol–water partition coefficient (Wildman–Crippen LogP) is 3.18. The molecule has 0 atom stereocenters. The quantitative estimate of drug-likeness (QED) is 0.530. The molecule has 0 aliphatic heterocycles. The standard InChI is InChI=1S/C22H25FN4O3/c1-2-4-20-25-26-21(27(20)13-15-7-9-17(23)10-8-15)6-3-5-18-11-16(22(29)30)12-19(14-28)24-18/h7-12,28H,2-6,13-14H2,1H3,(H,29,30). The van der Waals surface area contributed by atoms with E-state index in [9.17, 15) is 19.4 Å². The maximum Gasteiger partial charge on any atom is 0.335 e. The number of halogens is 1. The van der Waals surface area contributed by atoms with Crippen LogP contribution in [0.2, 0.25) is 0 Å². The minimum atomic E-state index is -1.04. The topological polar surface area (TPSA) is 101 Å². The molecule has 158 valence electrons. The summed E-state index contributed by atoms with van der Waals surface area (Å²) in [6.07, 6.45) is 3.65. The van der Waals surface area contributed by atoms with Crippen molar-refractivity contribution in [2.24, 2.45) is 0 Å². The Morgan fingerprint density at radius 2 is 1.70 bits per heavy atom. The normalized spacial score (nSPS) is 11.0. The van der Waals surface area contributed by atoms with Gasteiger partial charge in [0, 0.05) is 18.5 Å². The molecule has 0 saturated heterocycles. The third-order valence-electron chi connectivity index (χ3n) is 4.81. The van der Waals surface area contributed by atoms with Gasteiger partial charge in [0.15, 0.2) is 0 Å². The summed E-state index contributed by atoms with van der Waals surface area (Å²) >= 11 is 0. The Kier molecular flexibility index (Phi) is 7.24. The van der Waals surface area contributed by atoms with Gasteiger partial charge in [-0.15, -0.1) is 10.2 Å². The van der Waals surface area contributed by atoms with Crippen LogP contribution in [-0.2, 0) is 32.4 Å². The van der Waals surface area contributed by atoms with E-state index in [-0.39, 0.29) is 18.0 Å². The second-order valence-corrected chi connectivity index (χ2v) is 7.15. The van der Waals surface area contributed by atoms with Crippen molar-refractivity contribution in [1.29, 1.82) is 0 Å². The number of benzene rings is 1. The summed E-state index contributed by atoms with van der Waals surface area (Å²) in [5.41, 5.74) is 2.05. The molecular weight excluding hydrogens is 387 g/mol. The number of aliphatic hydroxyl groups is 1. The van der Waals surface area contributed by atoms with E-state index in [0.29, 0.717) is 37.2 Å². The molecule has 2 heterocycles. The second kappa shape index (κ2) is 10.1. The van der Waals surface area contributed by atoms with Crippen molar-refractivity contribution in [3.05, 3.63) is 76.4 Å². The van der Waals surface area contributed by atoms with Crippen LogP contribution in [0.15, 0.2) is 36.4 Å². The van der Waals surface area contributed by atoms with E-state index in [1.165, 1.54) is 24.3 Å². The van der Waals surface area contributed by atoms with Gasteiger partial charge in [-0.3, -0.25) is 4.98 Å². The fourth-order valence-corrected chi connectivity index (χ4v) is 3.33. The molecule has 8 heteroatoms. The van der Waals surface area contributed by atoms with Crippen LogP contribution in [0.3, 0.4) is 0 Å². The highest BCUT2D eigenvalue weighted by atomic mass is 19.1. The maximum atomic E-state index is 13.2. The number of aryl methyl sites for hydroxylation is 3. The summed E-state index contributed by atoms with van der Waals surface area (Å²) in [5, 5.41) is 27.2. The molecule has 0 spiro atoms. The van der Waals surface area contributed by atoms with Gasteiger partial charge in [-0.25, -0.2) is 9.18 Å². The number of carbonyl (C=O) groups is 1. The highest BCUT2D eigenvalue weighted by Crippen LogP contribution is 2.14. The number of carboxylic acid groups (broad SMARTS) is 1. The summed E-state index contributed by atoms with van der Waals surface area (Å²) < 4.78 is 15.3. The molecule has 2 aromatic heterocycles. The van der Waals surface area contributed by atoms with Crippen molar-refractivity contribution >= 4 is 5.97 Å². The van der Waals surface area contributed by atoms with Crippen LogP contribution >= 0.6 is 0 Å². The smallest absolute Gasteiger partial charge is 0.335 e. The summed E-state index contributed by atoms with van der Waals surface area (Å²) in [4.78, 5) is 15.6. The molecule has 0 unspecified atom stereocenters. The van der Waals surface area contributed by atoms with Crippen LogP contribution in [0.4, 0.5) is 4.39 Å². The van der Waals surface area contributed by atoms with E-state index in [4.69, 9.17) is 0 Å². The molecule has 3 aromatic rings. The van der Waals surface area contributed by atoms with E-state index in [1.54, 1.807) is 12.1 Å². The lowest BCUT2D eigenvalue weighted by molar-refractivity contribution is 0.0696. The summed E-state index contributed by atoms with van der Waals surface area (Å²) in [6, 6.07) is 9.31. The molecule has 0 radical (unpaired) electrons. The average molecular weight is 412 g/mol.